The maximum absolute atomic E-state index is 13.6. The number of nitrogens with zero attached hydrogens (tertiary/aromatic N) is 3. The Kier molecular flexibility index (Phi) is 7.12. The summed E-state index contributed by atoms with van der Waals surface area (Å²) in [6, 6.07) is 8.83. The Morgan fingerprint density at radius 1 is 1.16 bits per heavy atom. The molecule has 13 heteroatoms. The van der Waals surface area contributed by atoms with Gasteiger partial charge in [0.1, 0.15) is 5.01 Å². The van der Waals surface area contributed by atoms with Crippen molar-refractivity contribution in [3.05, 3.63) is 51.9 Å². The van der Waals surface area contributed by atoms with E-state index in [0.29, 0.717) is 10.2 Å². The third kappa shape index (κ3) is 5.59. The number of thiazole rings is 1. The maximum Gasteiger partial charge on any atom is 0.250 e. The van der Waals surface area contributed by atoms with Crippen molar-refractivity contribution in [3.8, 4) is 11.1 Å². The second-order valence-electron chi connectivity index (χ2n) is 9.10. The van der Waals surface area contributed by atoms with Crippen molar-refractivity contribution in [1.82, 2.24) is 24.5 Å². The van der Waals surface area contributed by atoms with E-state index in [9.17, 15) is 22.8 Å². The highest BCUT2D eigenvalue weighted by molar-refractivity contribution is 7.90. The number of aryl methyl sites for hydroxylation is 1. The molecule has 1 atom stereocenters. The molecule has 11 nitrogen and oxygen atoms in total. The van der Waals surface area contributed by atoms with Gasteiger partial charge in [-0.05, 0) is 42.2 Å². The molecule has 0 radical (unpaired) electrons. The topological polar surface area (TPSA) is 140 Å². The van der Waals surface area contributed by atoms with Crippen molar-refractivity contribution in [1.29, 1.82) is 0 Å². The Labute approximate surface area is 217 Å². The summed E-state index contributed by atoms with van der Waals surface area (Å²) in [5.74, 6) is -1.16. The molecule has 3 aromatic rings. The molecule has 5 rings (SSSR count). The molecule has 3 heterocycles. The molecule has 2 aromatic heterocycles. The number of pyridine rings is 1. The molecule has 37 heavy (non-hydrogen) atoms. The number of morpholine rings is 1. The van der Waals surface area contributed by atoms with E-state index in [-0.39, 0.29) is 55.4 Å². The molecule has 1 aliphatic carbocycles. The minimum absolute atomic E-state index is 0.114. The zero-order chi connectivity index (χ0) is 26.2. The van der Waals surface area contributed by atoms with Gasteiger partial charge in [0.25, 0.3) is 5.56 Å². The lowest BCUT2D eigenvalue weighted by Crippen LogP contribution is -2.47. The van der Waals surface area contributed by atoms with E-state index >= 15 is 0 Å². The van der Waals surface area contributed by atoms with Crippen molar-refractivity contribution in [2.45, 2.75) is 24.1 Å². The molecule has 2 fully saturated rings. The maximum atomic E-state index is 13.6. The largest absolute Gasteiger partial charge is 0.379 e. The number of amides is 2. The van der Waals surface area contributed by atoms with Crippen LogP contribution >= 0.6 is 11.3 Å². The van der Waals surface area contributed by atoms with E-state index < -0.39 is 21.2 Å². The van der Waals surface area contributed by atoms with E-state index in [1.807, 2.05) is 12.1 Å². The predicted octanol–water partition coefficient (Wildman–Crippen LogP) is 0.760. The summed E-state index contributed by atoms with van der Waals surface area (Å²) in [6.45, 7) is 0.412. The molecular formula is C24H27N5O6S2. The standard InChI is InChI=1S/C24H27N5O6S2/c1-28-7-6-16(13-21(28)31)15-2-5-18-19(12-15)36-24(27-18)22(37(33,34)29-8-10-35-11-9-29)23(32)25-14-20(30)26-17-3-4-17/h2,5-7,12-13,17,22H,3-4,8-11,14H2,1H3,(H,25,32)(H,26,30). The van der Waals surface area contributed by atoms with Crippen molar-refractivity contribution in [3.63, 3.8) is 0 Å². The summed E-state index contributed by atoms with van der Waals surface area (Å²) >= 11 is 1.10. The van der Waals surface area contributed by atoms with E-state index in [2.05, 4.69) is 15.6 Å². The highest BCUT2D eigenvalue weighted by atomic mass is 32.2. The number of aromatic nitrogens is 2. The summed E-state index contributed by atoms with van der Waals surface area (Å²) in [5, 5.41) is 3.77. The smallest absolute Gasteiger partial charge is 0.250 e. The van der Waals surface area contributed by atoms with Gasteiger partial charge in [0, 0.05) is 38.4 Å². The number of rotatable bonds is 8. The second kappa shape index (κ2) is 10.3. The van der Waals surface area contributed by atoms with Crippen LogP contribution in [0.5, 0.6) is 0 Å². The molecule has 2 N–H and O–H groups in total. The van der Waals surface area contributed by atoms with Crippen LogP contribution in [0.1, 0.15) is 23.1 Å². The average Bonchev–Trinajstić information content (AvgIpc) is 3.60. The number of hydrogen-bond donors (Lipinski definition) is 2. The molecule has 1 saturated heterocycles. The van der Waals surface area contributed by atoms with Gasteiger partial charge in [0.05, 0.1) is 30.0 Å². The summed E-state index contributed by atoms with van der Waals surface area (Å²) in [7, 11) is -2.47. The number of benzene rings is 1. The van der Waals surface area contributed by atoms with Gasteiger partial charge in [-0.2, -0.15) is 4.31 Å². The van der Waals surface area contributed by atoms with Crippen LogP contribution in [0.4, 0.5) is 0 Å². The molecule has 0 bridgehead atoms. The van der Waals surface area contributed by atoms with Gasteiger partial charge < -0.3 is 19.9 Å². The van der Waals surface area contributed by atoms with Gasteiger partial charge in [-0.3, -0.25) is 14.4 Å². The average molecular weight is 546 g/mol. The zero-order valence-corrected chi connectivity index (χ0v) is 21.8. The fraction of sp³-hybridized carbons (Fsp3) is 0.417. The Hall–Kier alpha value is -3.13. The van der Waals surface area contributed by atoms with Crippen LogP contribution in [0.15, 0.2) is 41.3 Å². The Bertz CT molecular complexity index is 1510. The molecule has 1 aliphatic heterocycles. The third-order valence-electron chi connectivity index (χ3n) is 6.30. The Morgan fingerprint density at radius 2 is 1.89 bits per heavy atom. The van der Waals surface area contributed by atoms with Crippen LogP contribution in [0.25, 0.3) is 21.3 Å². The van der Waals surface area contributed by atoms with Gasteiger partial charge in [-0.25, -0.2) is 13.4 Å². The fourth-order valence-electron chi connectivity index (χ4n) is 4.05. The SMILES string of the molecule is Cn1ccc(-c2ccc3nc(C(C(=O)NCC(=O)NC4CC4)S(=O)(=O)N4CCOCC4)sc3c2)cc1=O. The molecule has 196 valence electrons. The first-order valence-corrected chi connectivity index (χ1v) is 14.3. The Morgan fingerprint density at radius 3 is 2.59 bits per heavy atom. The number of carbonyl (C=O) groups excluding carboxylic acids is 2. The molecule has 0 spiro atoms. The van der Waals surface area contributed by atoms with Gasteiger partial charge in [0.2, 0.25) is 27.1 Å². The van der Waals surface area contributed by atoms with Crippen molar-refractivity contribution < 1.29 is 22.7 Å². The first-order valence-electron chi connectivity index (χ1n) is 11.9. The monoisotopic (exact) mass is 545 g/mol. The highest BCUT2D eigenvalue weighted by Gasteiger charge is 2.42. The van der Waals surface area contributed by atoms with Gasteiger partial charge in [-0.15, -0.1) is 11.3 Å². The number of fused-ring (bicyclic) bond motifs is 1. The number of ether oxygens (including phenoxy) is 1. The number of sulfonamides is 1. The highest BCUT2D eigenvalue weighted by Crippen LogP contribution is 2.35. The van der Waals surface area contributed by atoms with Crippen LogP contribution in [0, 0.1) is 0 Å². The third-order valence-corrected chi connectivity index (χ3v) is 9.65. The van der Waals surface area contributed by atoms with Crippen LogP contribution in [0.2, 0.25) is 0 Å². The number of hydrogen-bond acceptors (Lipinski definition) is 8. The van der Waals surface area contributed by atoms with Crippen molar-refractivity contribution in [2.24, 2.45) is 7.05 Å². The molecule has 1 unspecified atom stereocenters. The fourth-order valence-corrected chi connectivity index (χ4v) is 7.17. The summed E-state index contributed by atoms with van der Waals surface area (Å²) in [4.78, 5) is 42.0. The number of carbonyl (C=O) groups is 2. The first kappa shape index (κ1) is 25.5. The van der Waals surface area contributed by atoms with E-state index in [1.54, 1.807) is 25.4 Å². The predicted molar refractivity (Wildman–Crippen MR) is 139 cm³/mol. The Balaban J connectivity index is 1.47. The van der Waals surface area contributed by atoms with E-state index in [1.165, 1.54) is 14.9 Å². The molecular weight excluding hydrogens is 518 g/mol. The zero-order valence-electron chi connectivity index (χ0n) is 20.2. The van der Waals surface area contributed by atoms with Crippen molar-refractivity contribution >= 4 is 43.4 Å². The van der Waals surface area contributed by atoms with Crippen LogP contribution in [0.3, 0.4) is 0 Å². The quantitative estimate of drug-likeness (QED) is 0.426. The minimum atomic E-state index is -4.14. The van der Waals surface area contributed by atoms with Crippen molar-refractivity contribution in [2.75, 3.05) is 32.8 Å². The lowest BCUT2D eigenvalue weighted by molar-refractivity contribution is -0.126. The van der Waals surface area contributed by atoms with E-state index in [0.717, 1.165) is 35.3 Å². The van der Waals surface area contributed by atoms with Gasteiger partial charge in [-0.1, -0.05) is 6.07 Å². The molecule has 2 amide bonds. The molecule has 1 saturated carbocycles. The summed E-state index contributed by atoms with van der Waals surface area (Å²) in [6.07, 6.45) is 3.48. The van der Waals surface area contributed by atoms with Crippen LogP contribution < -0.4 is 16.2 Å². The number of nitrogens with one attached hydrogen (secondary N) is 2. The van der Waals surface area contributed by atoms with Gasteiger partial charge in [0.15, 0.2) is 0 Å². The second-order valence-corrected chi connectivity index (χ2v) is 12.2. The summed E-state index contributed by atoms with van der Waals surface area (Å²) in [5.41, 5.74) is 1.88. The normalized spacial score (nSPS) is 17.4. The minimum Gasteiger partial charge on any atom is -0.379 e. The lowest BCUT2D eigenvalue weighted by atomic mass is 10.1. The summed E-state index contributed by atoms with van der Waals surface area (Å²) < 4.78 is 35.9. The first-order chi connectivity index (χ1) is 17.7. The van der Waals surface area contributed by atoms with E-state index in [4.69, 9.17) is 4.74 Å². The van der Waals surface area contributed by atoms with Gasteiger partial charge >= 0.3 is 0 Å². The lowest BCUT2D eigenvalue weighted by Gasteiger charge is -2.29. The molecule has 2 aliphatic rings. The van der Waals surface area contributed by atoms with Crippen LogP contribution in [-0.4, -0.2) is 73.0 Å². The molecule has 1 aromatic carbocycles. The van der Waals surface area contributed by atoms with Crippen LogP contribution in [-0.2, 0) is 31.4 Å².